The Balaban J connectivity index is 1.68. The van der Waals surface area contributed by atoms with Crippen LogP contribution in [0.4, 0.5) is 0 Å². The van der Waals surface area contributed by atoms with Gasteiger partial charge >= 0.3 is 0 Å². The number of benzene rings is 3. The minimum Gasteiger partial charge on any atom is -0.493 e. The van der Waals surface area contributed by atoms with Gasteiger partial charge in [-0.2, -0.15) is 0 Å². The summed E-state index contributed by atoms with van der Waals surface area (Å²) in [5.41, 5.74) is 9.57. The highest BCUT2D eigenvalue weighted by Gasteiger charge is 2.41. The second-order valence-electron chi connectivity index (χ2n) is 10.6. The molecular weight excluding hydrogens is 436 g/mol. The van der Waals surface area contributed by atoms with Gasteiger partial charge in [0.2, 0.25) is 0 Å². The zero-order valence-electron chi connectivity index (χ0n) is 22.9. The summed E-state index contributed by atoms with van der Waals surface area (Å²) in [7, 11) is 0. The normalized spacial score (nSPS) is 14.2. The van der Waals surface area contributed by atoms with Crippen LogP contribution in [0.25, 0.3) is 28.3 Å². The van der Waals surface area contributed by atoms with Crippen LogP contribution in [0.5, 0.6) is 5.75 Å². The highest BCUT2D eigenvalue weighted by Crippen LogP contribution is 2.54. The maximum absolute atomic E-state index is 6.31. The van der Waals surface area contributed by atoms with Gasteiger partial charge in [-0.05, 0) is 76.8 Å². The van der Waals surface area contributed by atoms with Crippen molar-refractivity contribution in [2.75, 3.05) is 6.61 Å². The van der Waals surface area contributed by atoms with Gasteiger partial charge in [0.15, 0.2) is 0 Å². The molecule has 1 nitrogen and oxygen atoms in total. The van der Waals surface area contributed by atoms with Crippen molar-refractivity contribution in [3.63, 3.8) is 0 Å². The molecule has 1 aliphatic rings. The number of hydrogen-bond acceptors (Lipinski definition) is 1. The van der Waals surface area contributed by atoms with E-state index in [1.54, 1.807) is 0 Å². The van der Waals surface area contributed by atoms with E-state index >= 15 is 0 Å². The first-order chi connectivity index (χ1) is 17.6. The van der Waals surface area contributed by atoms with Crippen molar-refractivity contribution in [1.29, 1.82) is 0 Å². The van der Waals surface area contributed by atoms with Crippen LogP contribution in [-0.2, 0) is 5.41 Å². The average Bonchev–Trinajstić information content (AvgIpc) is 3.18. The van der Waals surface area contributed by atoms with E-state index in [-0.39, 0.29) is 5.41 Å². The first-order valence-electron chi connectivity index (χ1n) is 14.3. The lowest BCUT2D eigenvalue weighted by molar-refractivity contribution is 0.233. The van der Waals surface area contributed by atoms with Gasteiger partial charge in [-0.25, -0.2) is 0 Å². The van der Waals surface area contributed by atoms with Gasteiger partial charge in [0.05, 0.1) is 6.61 Å². The molecule has 190 valence electrons. The molecule has 0 saturated carbocycles. The van der Waals surface area contributed by atoms with Crippen LogP contribution in [0.1, 0.15) is 95.8 Å². The highest BCUT2D eigenvalue weighted by atomic mass is 16.5. The van der Waals surface area contributed by atoms with Gasteiger partial charge in [0.1, 0.15) is 5.75 Å². The Morgan fingerprint density at radius 1 is 0.806 bits per heavy atom. The summed E-state index contributed by atoms with van der Waals surface area (Å²) in [6.45, 7) is 14.1. The highest BCUT2D eigenvalue weighted by molar-refractivity contribution is 5.84. The van der Waals surface area contributed by atoms with E-state index in [9.17, 15) is 0 Å². The van der Waals surface area contributed by atoms with Gasteiger partial charge in [-0.15, -0.1) is 0 Å². The Morgan fingerprint density at radius 3 is 2.19 bits per heavy atom. The largest absolute Gasteiger partial charge is 0.493 e. The third-order valence-electron chi connectivity index (χ3n) is 8.20. The molecule has 1 unspecified atom stereocenters. The van der Waals surface area contributed by atoms with Crippen molar-refractivity contribution in [3.05, 3.63) is 83.9 Å². The summed E-state index contributed by atoms with van der Waals surface area (Å²) in [6, 6.07) is 22.8. The number of rotatable bonds is 13. The molecule has 0 aromatic heterocycles. The zero-order valence-corrected chi connectivity index (χ0v) is 22.9. The summed E-state index contributed by atoms with van der Waals surface area (Å²) in [5.74, 6) is 1.56. The Hall–Kier alpha value is -2.80. The molecule has 0 radical (unpaired) electrons. The van der Waals surface area contributed by atoms with Gasteiger partial charge in [0, 0.05) is 11.0 Å². The van der Waals surface area contributed by atoms with Crippen LogP contribution in [0.2, 0.25) is 0 Å². The maximum atomic E-state index is 6.31. The molecule has 0 N–H and O–H groups in total. The number of hydrogen-bond donors (Lipinski definition) is 0. The molecule has 1 aliphatic carbocycles. The molecule has 0 bridgehead atoms. The monoisotopic (exact) mass is 480 g/mol. The Bertz CT molecular complexity index is 1160. The summed E-state index contributed by atoms with van der Waals surface area (Å²) >= 11 is 0. The van der Waals surface area contributed by atoms with E-state index in [4.69, 9.17) is 4.74 Å². The third-order valence-corrected chi connectivity index (χ3v) is 8.20. The molecule has 0 heterocycles. The lowest BCUT2D eigenvalue weighted by Crippen LogP contribution is -2.25. The lowest BCUT2D eigenvalue weighted by Gasteiger charge is -2.32. The summed E-state index contributed by atoms with van der Waals surface area (Å²) in [6.07, 6.45) is 11.6. The van der Waals surface area contributed by atoms with Crippen LogP contribution in [-0.4, -0.2) is 6.61 Å². The molecule has 0 saturated heterocycles. The molecule has 4 rings (SSSR count). The Labute approximate surface area is 219 Å². The lowest BCUT2D eigenvalue weighted by atomic mass is 9.71. The maximum Gasteiger partial charge on any atom is 0.126 e. The fourth-order valence-electron chi connectivity index (χ4n) is 6.28. The van der Waals surface area contributed by atoms with Crippen molar-refractivity contribution in [2.45, 2.75) is 84.5 Å². The van der Waals surface area contributed by atoms with Crippen molar-refractivity contribution < 1.29 is 4.74 Å². The van der Waals surface area contributed by atoms with Crippen molar-refractivity contribution in [1.82, 2.24) is 0 Å². The molecule has 1 heteroatoms. The van der Waals surface area contributed by atoms with Crippen LogP contribution in [0, 0.1) is 5.92 Å². The molecule has 0 aliphatic heterocycles. The molecular formula is C35H44O. The average molecular weight is 481 g/mol. The van der Waals surface area contributed by atoms with Gasteiger partial charge in [0.25, 0.3) is 0 Å². The SMILES string of the molecule is C=Cc1cc(-c2ccc3c(c2)C(CCC)(CCC)c2ccccc2-3)ccc1OCC(CC)CCCC. The van der Waals surface area contributed by atoms with Crippen molar-refractivity contribution in [2.24, 2.45) is 5.92 Å². The van der Waals surface area contributed by atoms with Crippen LogP contribution >= 0.6 is 0 Å². The Morgan fingerprint density at radius 2 is 1.50 bits per heavy atom. The number of ether oxygens (including phenoxy) is 1. The summed E-state index contributed by atoms with van der Waals surface area (Å²) < 4.78 is 6.31. The molecule has 3 aromatic rings. The van der Waals surface area contributed by atoms with E-state index in [0.717, 1.165) is 24.3 Å². The molecule has 0 fully saturated rings. The summed E-state index contributed by atoms with van der Waals surface area (Å²) in [4.78, 5) is 0. The molecule has 36 heavy (non-hydrogen) atoms. The molecule has 3 aromatic carbocycles. The molecule has 0 amide bonds. The van der Waals surface area contributed by atoms with E-state index in [1.165, 1.54) is 78.3 Å². The van der Waals surface area contributed by atoms with E-state index < -0.39 is 0 Å². The smallest absolute Gasteiger partial charge is 0.126 e. The number of fused-ring (bicyclic) bond motifs is 3. The fourth-order valence-corrected chi connectivity index (χ4v) is 6.28. The second kappa shape index (κ2) is 12.0. The fraction of sp³-hybridized carbons (Fsp3) is 0.429. The zero-order chi connectivity index (χ0) is 25.5. The topological polar surface area (TPSA) is 9.23 Å². The Kier molecular flexibility index (Phi) is 8.72. The minimum absolute atomic E-state index is 0.114. The van der Waals surface area contributed by atoms with Crippen LogP contribution in [0.3, 0.4) is 0 Å². The molecule has 1 atom stereocenters. The minimum atomic E-state index is 0.114. The van der Waals surface area contributed by atoms with E-state index in [0.29, 0.717) is 5.92 Å². The predicted molar refractivity (Wildman–Crippen MR) is 157 cm³/mol. The predicted octanol–water partition coefficient (Wildman–Crippen LogP) is 10.5. The quantitative estimate of drug-likeness (QED) is 0.236. The van der Waals surface area contributed by atoms with Crippen molar-refractivity contribution in [3.8, 4) is 28.0 Å². The van der Waals surface area contributed by atoms with Gasteiger partial charge in [-0.1, -0.05) is 115 Å². The van der Waals surface area contributed by atoms with Gasteiger partial charge in [-0.3, -0.25) is 0 Å². The molecule has 0 spiro atoms. The van der Waals surface area contributed by atoms with E-state index in [2.05, 4.69) is 94.9 Å². The first kappa shape index (κ1) is 26.3. The van der Waals surface area contributed by atoms with Crippen LogP contribution in [0.15, 0.2) is 67.2 Å². The van der Waals surface area contributed by atoms with E-state index in [1.807, 2.05) is 6.08 Å². The second-order valence-corrected chi connectivity index (χ2v) is 10.6. The third kappa shape index (κ3) is 5.03. The van der Waals surface area contributed by atoms with Crippen molar-refractivity contribution >= 4 is 6.08 Å². The standard InChI is InChI=1S/C35H44O/c1-6-11-14-26(9-4)25-36-34-20-18-28(23-27(34)10-5)29-17-19-31-30-15-12-13-16-32(30)35(21-7-2,22-8-3)33(31)24-29/h10,12-13,15-20,23-24,26H,5-9,11,14,21-22,25H2,1-4H3. The van der Waals surface area contributed by atoms with Crippen LogP contribution < -0.4 is 4.74 Å². The van der Waals surface area contributed by atoms with Gasteiger partial charge < -0.3 is 4.74 Å². The first-order valence-corrected chi connectivity index (χ1v) is 14.3. The number of unbranched alkanes of at least 4 members (excludes halogenated alkanes) is 1. The summed E-state index contributed by atoms with van der Waals surface area (Å²) in [5, 5.41) is 0.